The molecule has 5 heteroatoms. The van der Waals surface area contributed by atoms with Crippen LogP contribution in [0.5, 0.6) is 5.75 Å². The van der Waals surface area contributed by atoms with Crippen molar-refractivity contribution in [2.24, 2.45) is 5.92 Å². The highest BCUT2D eigenvalue weighted by molar-refractivity contribution is 5.78. The van der Waals surface area contributed by atoms with E-state index in [-0.39, 0.29) is 11.8 Å². The van der Waals surface area contributed by atoms with Crippen molar-refractivity contribution in [1.82, 2.24) is 5.32 Å². The summed E-state index contributed by atoms with van der Waals surface area (Å²) in [7, 11) is 5.16. The molecular weight excluding hydrogens is 230 g/mol. The Morgan fingerprint density at radius 1 is 1.56 bits per heavy atom. The van der Waals surface area contributed by atoms with Gasteiger partial charge in [0.2, 0.25) is 5.91 Å². The van der Waals surface area contributed by atoms with Crippen LogP contribution in [-0.4, -0.2) is 33.7 Å². The number of carbonyl (C=O) groups is 1. The molecule has 0 aliphatic carbocycles. The number of rotatable bonds is 5. The first-order chi connectivity index (χ1) is 8.49. The van der Waals surface area contributed by atoms with Gasteiger partial charge in [-0.15, -0.1) is 0 Å². The van der Waals surface area contributed by atoms with Gasteiger partial charge in [-0.25, -0.2) is 0 Å². The summed E-state index contributed by atoms with van der Waals surface area (Å²) < 4.78 is 5.18. The fourth-order valence-electron chi connectivity index (χ4n) is 1.78. The molecule has 1 aromatic carbocycles. The van der Waals surface area contributed by atoms with Crippen molar-refractivity contribution in [3.8, 4) is 5.75 Å². The lowest BCUT2D eigenvalue weighted by molar-refractivity contribution is -0.123. The molecule has 1 atom stereocenters. The molecule has 0 spiro atoms. The summed E-state index contributed by atoms with van der Waals surface area (Å²) in [6.07, 6.45) is 0. The number of nitrogens with two attached hydrogens (primary N) is 1. The van der Waals surface area contributed by atoms with Gasteiger partial charge in [0, 0.05) is 32.4 Å². The van der Waals surface area contributed by atoms with Gasteiger partial charge in [-0.1, -0.05) is 6.92 Å². The lowest BCUT2D eigenvalue weighted by atomic mass is 10.1. The summed E-state index contributed by atoms with van der Waals surface area (Å²) in [5.74, 6) is 0.597. The van der Waals surface area contributed by atoms with Crippen molar-refractivity contribution in [2.45, 2.75) is 6.92 Å². The van der Waals surface area contributed by atoms with Gasteiger partial charge in [-0.05, 0) is 12.1 Å². The number of nitrogens with zero attached hydrogens (tertiary/aromatic N) is 1. The van der Waals surface area contributed by atoms with Gasteiger partial charge in [0.05, 0.1) is 18.7 Å². The van der Waals surface area contributed by atoms with Crippen molar-refractivity contribution in [3.05, 3.63) is 18.2 Å². The topological polar surface area (TPSA) is 67.6 Å². The van der Waals surface area contributed by atoms with E-state index < -0.39 is 0 Å². The summed E-state index contributed by atoms with van der Waals surface area (Å²) >= 11 is 0. The fourth-order valence-corrected chi connectivity index (χ4v) is 1.78. The Morgan fingerprint density at radius 2 is 2.22 bits per heavy atom. The summed E-state index contributed by atoms with van der Waals surface area (Å²) in [4.78, 5) is 13.5. The highest BCUT2D eigenvalue weighted by atomic mass is 16.5. The van der Waals surface area contributed by atoms with Gasteiger partial charge in [0.15, 0.2) is 0 Å². The van der Waals surface area contributed by atoms with E-state index in [9.17, 15) is 4.79 Å². The molecule has 1 unspecified atom stereocenters. The molecule has 0 heterocycles. The van der Waals surface area contributed by atoms with Crippen LogP contribution >= 0.6 is 0 Å². The SMILES string of the molecule is CNC(=O)C(C)CN(C)c1ccc(N)c(OC)c1. The third kappa shape index (κ3) is 3.29. The monoisotopic (exact) mass is 251 g/mol. The molecular formula is C13H21N3O2. The Morgan fingerprint density at radius 3 is 2.78 bits per heavy atom. The molecule has 0 bridgehead atoms. The number of anilines is 2. The number of nitrogens with one attached hydrogen (secondary N) is 1. The van der Waals surface area contributed by atoms with E-state index >= 15 is 0 Å². The Bertz CT molecular complexity index is 421. The zero-order valence-corrected chi connectivity index (χ0v) is 11.4. The molecule has 0 saturated heterocycles. The van der Waals surface area contributed by atoms with E-state index in [0.717, 1.165) is 5.69 Å². The van der Waals surface area contributed by atoms with E-state index in [1.165, 1.54) is 0 Å². The average molecular weight is 251 g/mol. The van der Waals surface area contributed by atoms with Gasteiger partial charge < -0.3 is 20.7 Å². The molecule has 1 aromatic rings. The fraction of sp³-hybridized carbons (Fsp3) is 0.462. The van der Waals surface area contributed by atoms with E-state index in [2.05, 4.69) is 5.32 Å². The Hall–Kier alpha value is -1.91. The number of methoxy groups -OCH3 is 1. The number of hydrogen-bond acceptors (Lipinski definition) is 4. The highest BCUT2D eigenvalue weighted by Gasteiger charge is 2.14. The Kier molecular flexibility index (Phi) is 4.83. The lowest BCUT2D eigenvalue weighted by Gasteiger charge is -2.23. The molecule has 0 radical (unpaired) electrons. The normalized spacial score (nSPS) is 11.8. The molecule has 5 nitrogen and oxygen atoms in total. The second-order valence-corrected chi connectivity index (χ2v) is 4.32. The summed E-state index contributed by atoms with van der Waals surface area (Å²) in [5, 5.41) is 2.64. The van der Waals surface area contributed by atoms with E-state index in [0.29, 0.717) is 18.0 Å². The Balaban J connectivity index is 2.78. The standard InChI is InChI=1S/C13H21N3O2/c1-9(13(17)15-2)8-16(3)10-5-6-11(14)12(7-10)18-4/h5-7,9H,8,14H2,1-4H3,(H,15,17). The van der Waals surface area contributed by atoms with Gasteiger partial charge in [-0.3, -0.25) is 4.79 Å². The maximum atomic E-state index is 11.5. The zero-order valence-electron chi connectivity index (χ0n) is 11.4. The first-order valence-corrected chi connectivity index (χ1v) is 5.85. The molecule has 100 valence electrons. The number of benzene rings is 1. The first kappa shape index (κ1) is 14.2. The predicted molar refractivity (Wildman–Crippen MR) is 73.9 cm³/mol. The molecule has 18 heavy (non-hydrogen) atoms. The van der Waals surface area contributed by atoms with Crippen LogP contribution in [0.3, 0.4) is 0 Å². The number of amides is 1. The molecule has 0 aliphatic rings. The number of carbonyl (C=O) groups excluding carboxylic acids is 1. The average Bonchev–Trinajstić information content (AvgIpc) is 2.37. The first-order valence-electron chi connectivity index (χ1n) is 5.85. The van der Waals surface area contributed by atoms with E-state index in [1.54, 1.807) is 20.2 Å². The number of ether oxygens (including phenoxy) is 1. The van der Waals surface area contributed by atoms with Gasteiger partial charge in [0.1, 0.15) is 5.75 Å². The third-order valence-corrected chi connectivity index (χ3v) is 2.90. The maximum absolute atomic E-state index is 11.5. The van der Waals surface area contributed by atoms with Crippen LogP contribution in [0, 0.1) is 5.92 Å². The molecule has 3 N–H and O–H groups in total. The molecule has 0 aromatic heterocycles. The van der Waals surface area contributed by atoms with Crippen LogP contribution in [-0.2, 0) is 4.79 Å². The smallest absolute Gasteiger partial charge is 0.224 e. The lowest BCUT2D eigenvalue weighted by Crippen LogP contribution is -2.34. The highest BCUT2D eigenvalue weighted by Crippen LogP contribution is 2.27. The second kappa shape index (κ2) is 6.14. The van der Waals surface area contributed by atoms with Crippen LogP contribution in [0.2, 0.25) is 0 Å². The van der Waals surface area contributed by atoms with E-state index in [4.69, 9.17) is 10.5 Å². The molecule has 0 saturated carbocycles. The van der Waals surface area contributed by atoms with Crippen molar-refractivity contribution in [1.29, 1.82) is 0 Å². The van der Waals surface area contributed by atoms with Gasteiger partial charge >= 0.3 is 0 Å². The van der Waals surface area contributed by atoms with Gasteiger partial charge in [0.25, 0.3) is 0 Å². The zero-order chi connectivity index (χ0) is 13.7. The molecule has 1 rings (SSSR count). The number of hydrogen-bond donors (Lipinski definition) is 2. The van der Waals surface area contributed by atoms with Gasteiger partial charge in [-0.2, -0.15) is 0 Å². The largest absolute Gasteiger partial charge is 0.495 e. The molecule has 1 amide bonds. The van der Waals surface area contributed by atoms with Crippen LogP contribution in [0.1, 0.15) is 6.92 Å². The minimum Gasteiger partial charge on any atom is -0.495 e. The summed E-state index contributed by atoms with van der Waals surface area (Å²) in [6, 6.07) is 5.58. The Labute approximate surface area is 108 Å². The third-order valence-electron chi connectivity index (χ3n) is 2.90. The van der Waals surface area contributed by atoms with Crippen molar-refractivity contribution < 1.29 is 9.53 Å². The van der Waals surface area contributed by atoms with E-state index in [1.807, 2.05) is 31.0 Å². The minimum absolute atomic E-state index is 0.0317. The minimum atomic E-state index is -0.0800. The van der Waals surface area contributed by atoms with Crippen molar-refractivity contribution >= 4 is 17.3 Å². The maximum Gasteiger partial charge on any atom is 0.224 e. The summed E-state index contributed by atoms with van der Waals surface area (Å²) in [6.45, 7) is 2.52. The number of nitrogen functional groups attached to an aromatic ring is 1. The van der Waals surface area contributed by atoms with Crippen molar-refractivity contribution in [2.75, 3.05) is 38.4 Å². The van der Waals surface area contributed by atoms with Crippen LogP contribution in [0.15, 0.2) is 18.2 Å². The summed E-state index contributed by atoms with van der Waals surface area (Å²) in [5.41, 5.74) is 7.34. The molecule has 0 aliphatic heterocycles. The second-order valence-electron chi connectivity index (χ2n) is 4.32. The van der Waals surface area contributed by atoms with Crippen LogP contribution in [0.25, 0.3) is 0 Å². The van der Waals surface area contributed by atoms with Crippen LogP contribution in [0.4, 0.5) is 11.4 Å². The predicted octanol–water partition coefficient (Wildman–Crippen LogP) is 1.10. The molecule has 0 fully saturated rings. The van der Waals surface area contributed by atoms with Crippen LogP contribution < -0.4 is 20.7 Å². The quantitative estimate of drug-likeness (QED) is 0.769. The van der Waals surface area contributed by atoms with Crippen molar-refractivity contribution in [3.63, 3.8) is 0 Å².